The fourth-order valence-corrected chi connectivity index (χ4v) is 1.62. The number of H-pyrrole nitrogens is 1. The number of rotatable bonds is 2. The average molecular weight is 253 g/mol. The predicted octanol–water partition coefficient (Wildman–Crippen LogP) is 2.92. The van der Waals surface area contributed by atoms with E-state index >= 15 is 0 Å². The van der Waals surface area contributed by atoms with Crippen molar-refractivity contribution in [1.82, 2.24) is 4.98 Å². The van der Waals surface area contributed by atoms with Gasteiger partial charge in [-0.3, -0.25) is 0 Å². The zero-order chi connectivity index (χ0) is 12.8. The fourth-order valence-electron chi connectivity index (χ4n) is 1.44. The zero-order valence-corrected chi connectivity index (χ0v) is 10.8. The van der Waals surface area contributed by atoms with Gasteiger partial charge in [-0.2, -0.15) is 0 Å². The van der Waals surface area contributed by atoms with Crippen LogP contribution in [0.2, 0.25) is 5.02 Å². The van der Waals surface area contributed by atoms with E-state index in [1.807, 2.05) is 24.4 Å². The minimum absolute atomic E-state index is 0.296. The molecule has 0 bridgehead atoms. The standard InChI is InChI=1S/C10H10ClN.C3H7NO/c1-2-7-6-12-10-4-3-8(11)5-9(7)10;1-3(4)2-5/h3-6,12H,2H2,1H3;2-3H,4H2,1H3. The number of carbonyl (C=O) groups excluding carboxylic acids is 1. The van der Waals surface area contributed by atoms with Crippen LogP contribution in [0.3, 0.4) is 0 Å². The summed E-state index contributed by atoms with van der Waals surface area (Å²) >= 11 is 5.89. The minimum atomic E-state index is -0.296. The molecule has 3 N–H and O–H groups in total. The van der Waals surface area contributed by atoms with Crippen molar-refractivity contribution in [1.29, 1.82) is 0 Å². The maximum Gasteiger partial charge on any atom is 0.136 e. The molecule has 0 aliphatic heterocycles. The maximum absolute atomic E-state index is 9.38. The van der Waals surface area contributed by atoms with Gasteiger partial charge >= 0.3 is 0 Å². The van der Waals surface area contributed by atoms with Crippen LogP contribution in [-0.2, 0) is 11.2 Å². The van der Waals surface area contributed by atoms with Crippen molar-refractivity contribution in [2.24, 2.45) is 5.73 Å². The number of aromatic nitrogens is 1. The number of hydrogen-bond acceptors (Lipinski definition) is 2. The van der Waals surface area contributed by atoms with Crippen LogP contribution in [0.5, 0.6) is 0 Å². The first-order valence-electron chi connectivity index (χ1n) is 5.54. The predicted molar refractivity (Wildman–Crippen MR) is 72.4 cm³/mol. The second-order valence-corrected chi connectivity index (χ2v) is 4.29. The van der Waals surface area contributed by atoms with E-state index in [-0.39, 0.29) is 6.04 Å². The number of aryl methyl sites for hydroxylation is 1. The van der Waals surface area contributed by atoms with Gasteiger partial charge < -0.3 is 15.5 Å². The largest absolute Gasteiger partial charge is 0.361 e. The molecule has 1 atom stereocenters. The molecule has 17 heavy (non-hydrogen) atoms. The van der Waals surface area contributed by atoms with Crippen molar-refractivity contribution >= 4 is 28.8 Å². The summed E-state index contributed by atoms with van der Waals surface area (Å²) in [6, 6.07) is 5.62. The first-order valence-corrected chi connectivity index (χ1v) is 5.92. The Labute approximate surface area is 106 Å². The van der Waals surface area contributed by atoms with Crippen LogP contribution in [0.15, 0.2) is 24.4 Å². The highest BCUT2D eigenvalue weighted by molar-refractivity contribution is 6.31. The van der Waals surface area contributed by atoms with Gasteiger partial charge in [0, 0.05) is 22.1 Å². The molecule has 0 fully saturated rings. The van der Waals surface area contributed by atoms with Crippen LogP contribution >= 0.6 is 11.6 Å². The summed E-state index contributed by atoms with van der Waals surface area (Å²) in [6.45, 7) is 3.77. The smallest absolute Gasteiger partial charge is 0.136 e. The highest BCUT2D eigenvalue weighted by Gasteiger charge is 2.00. The first-order chi connectivity index (χ1) is 8.08. The molecule has 4 heteroatoms. The summed E-state index contributed by atoms with van der Waals surface area (Å²) in [4.78, 5) is 12.6. The Morgan fingerprint density at radius 3 is 2.71 bits per heavy atom. The van der Waals surface area contributed by atoms with Gasteiger partial charge in [0.2, 0.25) is 0 Å². The molecule has 2 aromatic rings. The topological polar surface area (TPSA) is 58.9 Å². The number of nitrogens with two attached hydrogens (primary N) is 1. The molecule has 2 rings (SSSR count). The normalized spacial score (nSPS) is 11.8. The summed E-state index contributed by atoms with van der Waals surface area (Å²) in [6.07, 6.45) is 3.78. The molecule has 0 spiro atoms. The molecule has 92 valence electrons. The molecule has 0 amide bonds. The van der Waals surface area contributed by atoms with Crippen LogP contribution in [0.1, 0.15) is 19.4 Å². The fraction of sp³-hybridized carbons (Fsp3) is 0.308. The van der Waals surface area contributed by atoms with Gasteiger partial charge in [-0.05, 0) is 37.1 Å². The quantitative estimate of drug-likeness (QED) is 0.808. The second-order valence-electron chi connectivity index (χ2n) is 3.85. The van der Waals surface area contributed by atoms with Crippen LogP contribution in [0, 0.1) is 0 Å². The van der Waals surface area contributed by atoms with Gasteiger partial charge in [0.05, 0.1) is 6.04 Å². The molecule has 1 heterocycles. The van der Waals surface area contributed by atoms with E-state index in [9.17, 15) is 4.79 Å². The summed E-state index contributed by atoms with van der Waals surface area (Å²) in [5, 5.41) is 2.04. The maximum atomic E-state index is 9.38. The number of fused-ring (bicyclic) bond motifs is 1. The lowest BCUT2D eigenvalue weighted by molar-refractivity contribution is -0.108. The molecule has 1 unspecified atom stereocenters. The zero-order valence-electron chi connectivity index (χ0n) is 10.0. The molecular weight excluding hydrogens is 236 g/mol. The second kappa shape index (κ2) is 6.42. The average Bonchev–Trinajstić information content (AvgIpc) is 2.71. The lowest BCUT2D eigenvalue weighted by Crippen LogP contribution is -2.15. The van der Waals surface area contributed by atoms with E-state index in [4.69, 9.17) is 17.3 Å². The molecule has 0 radical (unpaired) electrons. The number of benzene rings is 1. The van der Waals surface area contributed by atoms with Crippen LogP contribution in [0.25, 0.3) is 10.9 Å². The highest BCUT2D eigenvalue weighted by atomic mass is 35.5. The monoisotopic (exact) mass is 252 g/mol. The highest BCUT2D eigenvalue weighted by Crippen LogP contribution is 2.22. The molecule has 0 aliphatic rings. The molecule has 0 aliphatic carbocycles. The van der Waals surface area contributed by atoms with Gasteiger partial charge in [-0.1, -0.05) is 18.5 Å². The molecule has 0 saturated carbocycles. The molecular formula is C13H17ClN2O. The number of nitrogens with one attached hydrogen (secondary N) is 1. The first kappa shape index (κ1) is 13.7. The van der Waals surface area contributed by atoms with Crippen molar-refractivity contribution in [3.8, 4) is 0 Å². The molecule has 1 aromatic carbocycles. The van der Waals surface area contributed by atoms with Gasteiger partial charge in [0.15, 0.2) is 0 Å². The summed E-state index contributed by atoms with van der Waals surface area (Å²) in [5.41, 5.74) is 7.41. The van der Waals surface area contributed by atoms with E-state index in [0.29, 0.717) is 6.29 Å². The Balaban J connectivity index is 0.000000249. The van der Waals surface area contributed by atoms with E-state index in [1.54, 1.807) is 6.92 Å². The van der Waals surface area contributed by atoms with Crippen molar-refractivity contribution < 1.29 is 4.79 Å². The number of carbonyl (C=O) groups is 1. The van der Waals surface area contributed by atoms with Crippen molar-refractivity contribution in [3.05, 3.63) is 35.0 Å². The molecule has 1 aromatic heterocycles. The Morgan fingerprint density at radius 2 is 2.18 bits per heavy atom. The number of aromatic amines is 1. The van der Waals surface area contributed by atoms with Crippen molar-refractivity contribution in [3.63, 3.8) is 0 Å². The summed E-state index contributed by atoms with van der Waals surface area (Å²) in [7, 11) is 0. The van der Waals surface area contributed by atoms with Gasteiger partial charge in [0.1, 0.15) is 6.29 Å². The Morgan fingerprint density at radius 1 is 1.53 bits per heavy atom. The number of halogens is 1. The number of aldehydes is 1. The third-order valence-corrected chi connectivity index (χ3v) is 2.56. The lowest BCUT2D eigenvalue weighted by Gasteiger charge is -1.93. The van der Waals surface area contributed by atoms with E-state index in [2.05, 4.69) is 11.9 Å². The van der Waals surface area contributed by atoms with Gasteiger partial charge in [-0.15, -0.1) is 0 Å². The Kier molecular flexibility index (Phi) is 5.19. The van der Waals surface area contributed by atoms with Crippen LogP contribution in [0.4, 0.5) is 0 Å². The van der Waals surface area contributed by atoms with Gasteiger partial charge in [0.25, 0.3) is 0 Å². The lowest BCUT2D eigenvalue weighted by atomic mass is 10.1. The summed E-state index contributed by atoms with van der Waals surface area (Å²) < 4.78 is 0. The third kappa shape index (κ3) is 3.88. The van der Waals surface area contributed by atoms with Crippen LogP contribution in [-0.4, -0.2) is 17.3 Å². The van der Waals surface area contributed by atoms with Crippen molar-refractivity contribution in [2.75, 3.05) is 0 Å². The van der Waals surface area contributed by atoms with E-state index in [1.165, 1.54) is 10.9 Å². The minimum Gasteiger partial charge on any atom is -0.361 e. The summed E-state index contributed by atoms with van der Waals surface area (Å²) in [5.74, 6) is 0. The Hall–Kier alpha value is -1.32. The molecule has 0 saturated heterocycles. The number of hydrogen-bond donors (Lipinski definition) is 2. The SMILES string of the molecule is CC(N)C=O.CCc1c[nH]c2ccc(Cl)cc12. The molecule has 3 nitrogen and oxygen atoms in total. The van der Waals surface area contributed by atoms with Crippen LogP contribution < -0.4 is 5.73 Å². The Bertz CT molecular complexity index is 491. The van der Waals surface area contributed by atoms with E-state index < -0.39 is 0 Å². The van der Waals surface area contributed by atoms with E-state index in [0.717, 1.165) is 17.0 Å². The van der Waals surface area contributed by atoms with Crippen molar-refractivity contribution in [2.45, 2.75) is 26.3 Å². The van der Waals surface area contributed by atoms with Gasteiger partial charge in [-0.25, -0.2) is 0 Å². The third-order valence-electron chi connectivity index (χ3n) is 2.33.